The second kappa shape index (κ2) is 5.21. The van der Waals surface area contributed by atoms with Crippen molar-refractivity contribution in [2.24, 2.45) is 0 Å². The Morgan fingerprint density at radius 1 is 1.26 bits per heavy atom. The van der Waals surface area contributed by atoms with Gasteiger partial charge in [-0.3, -0.25) is 4.79 Å². The third-order valence-corrected chi connectivity index (χ3v) is 3.02. The highest BCUT2D eigenvalue weighted by Crippen LogP contribution is 2.22. The lowest BCUT2D eigenvalue weighted by Crippen LogP contribution is -2.22. The van der Waals surface area contributed by atoms with E-state index < -0.39 is 12.0 Å². The smallest absolute Gasteiger partial charge is 0.349 e. The zero-order valence-corrected chi connectivity index (χ0v) is 11.2. The van der Waals surface area contributed by atoms with Gasteiger partial charge in [0.25, 0.3) is 5.78 Å². The molecule has 0 spiro atoms. The Morgan fingerprint density at radius 2 is 2.00 bits per heavy atom. The molecule has 0 amide bonds. The minimum Gasteiger partial charge on any atom is -0.349 e. The number of benzene rings is 1. The predicted octanol–water partition coefficient (Wildman–Crippen LogP) is 4.04. The predicted molar refractivity (Wildman–Crippen MR) is 68.1 cm³/mol. The molecule has 0 radical (unpaired) electrons. The van der Waals surface area contributed by atoms with Crippen LogP contribution in [0.25, 0.3) is 0 Å². The Labute approximate surface area is 116 Å². The number of ketones is 1. The molecule has 2 nitrogen and oxygen atoms in total. The van der Waals surface area contributed by atoms with Crippen LogP contribution in [-0.2, 0) is 6.54 Å². The van der Waals surface area contributed by atoms with Gasteiger partial charge in [0.1, 0.15) is 0 Å². The van der Waals surface area contributed by atoms with E-state index in [4.69, 9.17) is 0 Å². The highest BCUT2D eigenvalue weighted by Gasteiger charge is 2.39. The van der Waals surface area contributed by atoms with Crippen LogP contribution in [-0.4, -0.2) is 16.5 Å². The minimum absolute atomic E-state index is 0.345. The van der Waals surface area contributed by atoms with Crippen molar-refractivity contribution in [3.8, 4) is 0 Å². The van der Waals surface area contributed by atoms with Gasteiger partial charge < -0.3 is 4.57 Å². The number of hydrogen-bond acceptors (Lipinski definition) is 1. The molecular weight excluding hydrogens is 323 g/mol. The summed E-state index contributed by atoms with van der Waals surface area (Å²) >= 11 is 3.32. The molecule has 0 bridgehead atoms. The van der Waals surface area contributed by atoms with E-state index in [2.05, 4.69) is 15.9 Å². The second-order valence-corrected chi connectivity index (χ2v) is 4.94. The van der Waals surface area contributed by atoms with Crippen LogP contribution in [0.3, 0.4) is 0 Å². The lowest BCUT2D eigenvalue weighted by Gasteiger charge is -2.04. The molecule has 2 aromatic rings. The second-order valence-electron chi connectivity index (χ2n) is 4.03. The number of halogens is 4. The van der Waals surface area contributed by atoms with Crippen molar-refractivity contribution in [2.45, 2.75) is 12.7 Å². The Hall–Kier alpha value is -1.56. The van der Waals surface area contributed by atoms with Gasteiger partial charge in [0.15, 0.2) is 0 Å². The molecule has 0 saturated heterocycles. The Bertz CT molecular complexity index is 604. The van der Waals surface area contributed by atoms with Crippen LogP contribution in [0.1, 0.15) is 15.9 Å². The van der Waals surface area contributed by atoms with Gasteiger partial charge in [0.2, 0.25) is 0 Å². The fraction of sp³-hybridized carbons (Fsp3) is 0.154. The molecule has 0 aliphatic rings. The van der Waals surface area contributed by atoms with Crippen molar-refractivity contribution in [3.05, 3.63) is 58.3 Å². The van der Waals surface area contributed by atoms with Crippen molar-refractivity contribution in [1.82, 2.24) is 4.57 Å². The fourth-order valence-corrected chi connectivity index (χ4v) is 2.13. The molecule has 0 unspecified atom stereocenters. The molecule has 0 saturated carbocycles. The van der Waals surface area contributed by atoms with Gasteiger partial charge in [-0.15, -0.1) is 0 Å². The summed E-state index contributed by atoms with van der Waals surface area (Å²) in [6, 6.07) is 8.59. The van der Waals surface area contributed by atoms with Gasteiger partial charge in [0, 0.05) is 29.0 Å². The summed E-state index contributed by atoms with van der Waals surface area (Å²) in [5.74, 6) is -1.82. The molecule has 0 fully saturated rings. The standard InChI is InChI=1S/C13H9BrF3NO/c14-11-3-1-2-9(6-11)7-18-5-4-10(8-18)12(19)13(15,16)17/h1-6,8H,7H2. The van der Waals surface area contributed by atoms with E-state index in [0.717, 1.165) is 10.0 Å². The highest BCUT2D eigenvalue weighted by molar-refractivity contribution is 9.10. The van der Waals surface area contributed by atoms with Crippen molar-refractivity contribution < 1.29 is 18.0 Å². The van der Waals surface area contributed by atoms with E-state index in [9.17, 15) is 18.0 Å². The van der Waals surface area contributed by atoms with Crippen LogP contribution >= 0.6 is 15.9 Å². The van der Waals surface area contributed by atoms with Gasteiger partial charge in [0.05, 0.1) is 0 Å². The summed E-state index contributed by atoms with van der Waals surface area (Å²) in [5.41, 5.74) is 0.582. The number of nitrogens with zero attached hydrogens (tertiary/aromatic N) is 1. The zero-order chi connectivity index (χ0) is 14.0. The van der Waals surface area contributed by atoms with Crippen molar-refractivity contribution in [3.63, 3.8) is 0 Å². The molecule has 0 aliphatic heterocycles. The van der Waals surface area contributed by atoms with Crippen molar-refractivity contribution >= 4 is 21.7 Å². The monoisotopic (exact) mass is 331 g/mol. The Balaban J connectivity index is 2.16. The summed E-state index contributed by atoms with van der Waals surface area (Å²) in [6.07, 6.45) is -2.17. The molecule has 1 heterocycles. The third-order valence-electron chi connectivity index (χ3n) is 2.52. The molecule has 6 heteroatoms. The van der Waals surface area contributed by atoms with Crippen LogP contribution in [0.5, 0.6) is 0 Å². The number of hydrogen-bond donors (Lipinski definition) is 0. The number of alkyl halides is 3. The Morgan fingerprint density at radius 3 is 2.63 bits per heavy atom. The molecular formula is C13H9BrF3NO. The summed E-state index contributed by atoms with van der Waals surface area (Å²) in [5, 5.41) is 0. The van der Waals surface area contributed by atoms with E-state index in [1.165, 1.54) is 18.5 Å². The summed E-state index contributed by atoms with van der Waals surface area (Å²) in [4.78, 5) is 11.0. The first-order valence-corrected chi connectivity index (χ1v) is 6.17. The van der Waals surface area contributed by atoms with Gasteiger partial charge in [-0.2, -0.15) is 13.2 Å². The van der Waals surface area contributed by atoms with E-state index in [0.29, 0.717) is 6.54 Å². The van der Waals surface area contributed by atoms with Crippen LogP contribution in [0.15, 0.2) is 47.2 Å². The maximum absolute atomic E-state index is 12.3. The first kappa shape index (κ1) is 13.9. The number of rotatable bonds is 3. The van der Waals surface area contributed by atoms with Gasteiger partial charge in [-0.25, -0.2) is 0 Å². The van der Waals surface area contributed by atoms with Crippen LogP contribution in [0.2, 0.25) is 0 Å². The molecule has 0 aliphatic carbocycles. The quantitative estimate of drug-likeness (QED) is 0.778. The minimum atomic E-state index is -4.83. The molecule has 1 aromatic heterocycles. The maximum Gasteiger partial charge on any atom is 0.454 e. The molecule has 19 heavy (non-hydrogen) atoms. The molecule has 100 valence electrons. The average Bonchev–Trinajstić information content (AvgIpc) is 2.75. The van der Waals surface area contributed by atoms with E-state index >= 15 is 0 Å². The number of Topliss-reactive ketones (excluding diaryl/α,β-unsaturated/α-hetero) is 1. The Kier molecular flexibility index (Phi) is 3.80. The number of aromatic nitrogens is 1. The van der Waals surface area contributed by atoms with E-state index in [-0.39, 0.29) is 5.56 Å². The first-order valence-electron chi connectivity index (χ1n) is 5.38. The normalized spacial score (nSPS) is 11.6. The van der Waals surface area contributed by atoms with E-state index in [1.807, 2.05) is 24.3 Å². The van der Waals surface area contributed by atoms with Crippen LogP contribution in [0.4, 0.5) is 13.2 Å². The van der Waals surface area contributed by atoms with Crippen molar-refractivity contribution in [2.75, 3.05) is 0 Å². The molecule has 1 aromatic carbocycles. The van der Waals surface area contributed by atoms with E-state index in [1.54, 1.807) is 4.57 Å². The zero-order valence-electron chi connectivity index (χ0n) is 9.62. The van der Waals surface area contributed by atoms with Gasteiger partial charge >= 0.3 is 6.18 Å². The SMILES string of the molecule is O=C(c1ccn(Cc2cccc(Br)c2)c1)C(F)(F)F. The van der Waals surface area contributed by atoms with Crippen molar-refractivity contribution in [1.29, 1.82) is 0 Å². The number of carbonyl (C=O) groups is 1. The van der Waals surface area contributed by atoms with Gasteiger partial charge in [-0.1, -0.05) is 28.1 Å². The first-order chi connectivity index (χ1) is 8.86. The summed E-state index contributed by atoms with van der Waals surface area (Å²) in [6.45, 7) is 0.407. The maximum atomic E-state index is 12.3. The summed E-state index contributed by atoms with van der Waals surface area (Å²) in [7, 11) is 0. The number of carbonyl (C=O) groups excluding carboxylic acids is 1. The fourth-order valence-electron chi connectivity index (χ4n) is 1.68. The average molecular weight is 332 g/mol. The topological polar surface area (TPSA) is 22.0 Å². The van der Waals surface area contributed by atoms with Crippen LogP contribution < -0.4 is 0 Å². The lowest BCUT2D eigenvalue weighted by atomic mass is 10.2. The highest BCUT2D eigenvalue weighted by atomic mass is 79.9. The summed E-state index contributed by atoms with van der Waals surface area (Å²) < 4.78 is 39.2. The van der Waals surface area contributed by atoms with Crippen LogP contribution in [0, 0.1) is 0 Å². The molecule has 2 rings (SSSR count). The molecule has 0 atom stereocenters. The lowest BCUT2D eigenvalue weighted by molar-refractivity contribution is -0.0885. The molecule has 0 N–H and O–H groups in total. The largest absolute Gasteiger partial charge is 0.454 e. The third kappa shape index (κ3) is 3.47. The van der Waals surface area contributed by atoms with Gasteiger partial charge in [-0.05, 0) is 23.8 Å².